The van der Waals surface area contributed by atoms with Crippen molar-refractivity contribution in [1.82, 2.24) is 4.90 Å². The van der Waals surface area contributed by atoms with E-state index in [1.54, 1.807) is 25.2 Å². The maximum Gasteiger partial charge on any atom is 0.260 e. The van der Waals surface area contributed by atoms with Crippen molar-refractivity contribution in [2.75, 3.05) is 33.4 Å². The molecule has 0 aliphatic carbocycles. The minimum absolute atomic E-state index is 0.107. The standard InChI is InChI=1S/C16H22ClNO5/c1-10-5-12(3-4-13(10)17)23-9-15(20)18(2)6-11-7-22-8-14(19)16(11)21/h3-5,11,14,16,19,21H,6-9H2,1-2H3/t11-,14-,16+/m1/s1. The van der Waals surface area contributed by atoms with E-state index in [1.807, 2.05) is 6.92 Å². The molecule has 0 saturated carbocycles. The van der Waals surface area contributed by atoms with E-state index in [4.69, 9.17) is 21.1 Å². The molecule has 0 radical (unpaired) electrons. The van der Waals surface area contributed by atoms with E-state index in [0.29, 0.717) is 23.9 Å². The van der Waals surface area contributed by atoms with E-state index in [-0.39, 0.29) is 25.0 Å². The number of rotatable bonds is 5. The van der Waals surface area contributed by atoms with Crippen LogP contribution < -0.4 is 4.74 Å². The van der Waals surface area contributed by atoms with Gasteiger partial charge >= 0.3 is 0 Å². The van der Waals surface area contributed by atoms with Crippen molar-refractivity contribution < 1.29 is 24.5 Å². The fraction of sp³-hybridized carbons (Fsp3) is 0.562. The number of aliphatic hydroxyl groups excluding tert-OH is 2. The zero-order valence-corrected chi connectivity index (χ0v) is 14.0. The highest BCUT2D eigenvalue weighted by molar-refractivity contribution is 6.31. The molecule has 0 spiro atoms. The number of aliphatic hydroxyl groups is 2. The van der Waals surface area contributed by atoms with Crippen LogP contribution in [0.3, 0.4) is 0 Å². The molecule has 23 heavy (non-hydrogen) atoms. The van der Waals surface area contributed by atoms with Crippen LogP contribution in [0.15, 0.2) is 18.2 Å². The predicted octanol–water partition coefficient (Wildman–Crippen LogP) is 0.854. The van der Waals surface area contributed by atoms with Crippen LogP contribution in [0.1, 0.15) is 5.56 Å². The molecule has 7 heteroatoms. The quantitative estimate of drug-likeness (QED) is 0.828. The molecule has 1 amide bonds. The summed E-state index contributed by atoms with van der Waals surface area (Å²) >= 11 is 5.94. The molecular weight excluding hydrogens is 322 g/mol. The normalized spacial score (nSPS) is 24.3. The Balaban J connectivity index is 1.83. The minimum atomic E-state index is -0.912. The van der Waals surface area contributed by atoms with Crippen LogP contribution in [-0.2, 0) is 9.53 Å². The zero-order chi connectivity index (χ0) is 17.0. The first-order valence-electron chi connectivity index (χ1n) is 7.45. The molecule has 1 aromatic rings. The maximum absolute atomic E-state index is 12.1. The number of carbonyl (C=O) groups excluding carboxylic acids is 1. The molecule has 1 aromatic carbocycles. The van der Waals surface area contributed by atoms with Gasteiger partial charge in [-0.1, -0.05) is 11.6 Å². The Hall–Kier alpha value is -1.34. The molecule has 6 nitrogen and oxygen atoms in total. The minimum Gasteiger partial charge on any atom is -0.484 e. The summed E-state index contributed by atoms with van der Waals surface area (Å²) in [5.74, 6) is 0.0421. The summed E-state index contributed by atoms with van der Waals surface area (Å²) in [5.41, 5.74) is 0.876. The van der Waals surface area contributed by atoms with Gasteiger partial charge in [-0.25, -0.2) is 0 Å². The van der Waals surface area contributed by atoms with Crippen LogP contribution in [0, 0.1) is 12.8 Å². The van der Waals surface area contributed by atoms with Gasteiger partial charge in [0.1, 0.15) is 11.9 Å². The van der Waals surface area contributed by atoms with Crippen LogP contribution in [0.2, 0.25) is 5.02 Å². The molecule has 3 atom stereocenters. The number of nitrogens with zero attached hydrogens (tertiary/aromatic N) is 1. The van der Waals surface area contributed by atoms with Gasteiger partial charge in [0.25, 0.3) is 5.91 Å². The molecule has 1 heterocycles. The van der Waals surface area contributed by atoms with E-state index in [9.17, 15) is 15.0 Å². The molecular formula is C16H22ClNO5. The summed E-state index contributed by atoms with van der Waals surface area (Å²) in [5, 5.41) is 20.2. The lowest BCUT2D eigenvalue weighted by Gasteiger charge is -2.34. The first-order valence-corrected chi connectivity index (χ1v) is 7.83. The summed E-state index contributed by atoms with van der Waals surface area (Å²) in [4.78, 5) is 13.6. The lowest BCUT2D eigenvalue weighted by Crippen LogP contribution is -2.49. The molecule has 0 bridgehead atoms. The molecule has 0 unspecified atom stereocenters. The van der Waals surface area contributed by atoms with Crippen LogP contribution in [0.4, 0.5) is 0 Å². The fourth-order valence-electron chi connectivity index (χ4n) is 2.43. The zero-order valence-electron chi connectivity index (χ0n) is 13.2. The van der Waals surface area contributed by atoms with Crippen LogP contribution in [-0.4, -0.2) is 66.6 Å². The predicted molar refractivity (Wildman–Crippen MR) is 85.6 cm³/mol. The smallest absolute Gasteiger partial charge is 0.260 e. The molecule has 128 valence electrons. The van der Waals surface area contributed by atoms with Crippen molar-refractivity contribution in [3.8, 4) is 5.75 Å². The number of hydrogen-bond acceptors (Lipinski definition) is 5. The first kappa shape index (κ1) is 18.0. The molecule has 2 rings (SSSR count). The highest BCUT2D eigenvalue weighted by Gasteiger charge is 2.32. The second kappa shape index (κ2) is 7.97. The van der Waals surface area contributed by atoms with Gasteiger partial charge in [-0.2, -0.15) is 0 Å². The van der Waals surface area contributed by atoms with Crippen molar-refractivity contribution in [3.63, 3.8) is 0 Å². The van der Waals surface area contributed by atoms with E-state index in [0.717, 1.165) is 5.56 Å². The summed E-state index contributed by atoms with van der Waals surface area (Å²) in [6.45, 7) is 2.48. The number of ether oxygens (including phenoxy) is 2. The van der Waals surface area contributed by atoms with E-state index < -0.39 is 12.2 Å². The molecule has 1 fully saturated rings. The van der Waals surface area contributed by atoms with E-state index in [2.05, 4.69) is 0 Å². The van der Waals surface area contributed by atoms with Gasteiger partial charge in [0.2, 0.25) is 0 Å². The van der Waals surface area contributed by atoms with Gasteiger partial charge in [0, 0.05) is 24.5 Å². The summed E-state index contributed by atoms with van der Waals surface area (Å²) in [7, 11) is 1.63. The van der Waals surface area contributed by atoms with Crippen LogP contribution in [0.25, 0.3) is 0 Å². The highest BCUT2D eigenvalue weighted by atomic mass is 35.5. The Morgan fingerprint density at radius 1 is 1.43 bits per heavy atom. The van der Waals surface area contributed by atoms with Crippen molar-refractivity contribution in [2.45, 2.75) is 19.1 Å². The molecule has 1 aliphatic heterocycles. The number of carbonyl (C=O) groups is 1. The van der Waals surface area contributed by atoms with Gasteiger partial charge in [0.15, 0.2) is 6.61 Å². The second-order valence-corrected chi connectivity index (χ2v) is 6.24. The molecule has 0 aromatic heterocycles. The lowest BCUT2D eigenvalue weighted by molar-refractivity contribution is -0.141. The average molecular weight is 344 g/mol. The number of amides is 1. The van der Waals surface area contributed by atoms with Gasteiger partial charge in [-0.05, 0) is 30.7 Å². The van der Waals surface area contributed by atoms with Gasteiger partial charge in [-0.3, -0.25) is 4.79 Å². The lowest BCUT2D eigenvalue weighted by atomic mass is 9.96. The van der Waals surface area contributed by atoms with Gasteiger partial charge in [0.05, 0.1) is 19.3 Å². The van der Waals surface area contributed by atoms with Crippen molar-refractivity contribution >= 4 is 17.5 Å². The van der Waals surface area contributed by atoms with Crippen LogP contribution in [0.5, 0.6) is 5.75 Å². The van der Waals surface area contributed by atoms with E-state index >= 15 is 0 Å². The Morgan fingerprint density at radius 2 is 2.17 bits per heavy atom. The van der Waals surface area contributed by atoms with Gasteiger partial charge in [-0.15, -0.1) is 0 Å². The van der Waals surface area contributed by atoms with Crippen LogP contribution >= 0.6 is 11.6 Å². The number of likely N-dealkylation sites (N-methyl/N-ethyl adjacent to an activating group) is 1. The largest absolute Gasteiger partial charge is 0.484 e. The number of aryl methyl sites for hydroxylation is 1. The monoisotopic (exact) mass is 343 g/mol. The SMILES string of the molecule is Cc1cc(OCC(=O)N(C)C[C@@H]2COC[C@@H](O)[C@H]2O)ccc1Cl. The summed E-state index contributed by atoms with van der Waals surface area (Å²) < 4.78 is 10.7. The topological polar surface area (TPSA) is 79.2 Å². The molecule has 1 aliphatic rings. The van der Waals surface area contributed by atoms with E-state index in [1.165, 1.54) is 4.90 Å². The third kappa shape index (κ3) is 4.81. The summed E-state index contributed by atoms with van der Waals surface area (Å²) in [6, 6.07) is 5.19. The third-order valence-electron chi connectivity index (χ3n) is 3.92. The van der Waals surface area contributed by atoms with Crippen molar-refractivity contribution in [3.05, 3.63) is 28.8 Å². The molecule has 1 saturated heterocycles. The highest BCUT2D eigenvalue weighted by Crippen LogP contribution is 2.21. The Morgan fingerprint density at radius 3 is 2.87 bits per heavy atom. The Bertz CT molecular complexity index is 553. The van der Waals surface area contributed by atoms with Gasteiger partial charge < -0.3 is 24.6 Å². The first-order chi connectivity index (χ1) is 10.9. The Kier molecular flexibility index (Phi) is 6.24. The Labute approximate surface area is 140 Å². The third-order valence-corrected chi connectivity index (χ3v) is 4.35. The molecule has 2 N–H and O–H groups in total. The number of halogens is 1. The summed E-state index contributed by atoms with van der Waals surface area (Å²) in [6.07, 6.45) is -1.80. The second-order valence-electron chi connectivity index (χ2n) is 5.83. The maximum atomic E-state index is 12.1. The van der Waals surface area contributed by atoms with Crippen molar-refractivity contribution in [1.29, 1.82) is 0 Å². The fourth-order valence-corrected chi connectivity index (χ4v) is 2.55. The van der Waals surface area contributed by atoms with Crippen molar-refractivity contribution in [2.24, 2.45) is 5.92 Å². The average Bonchev–Trinajstić information content (AvgIpc) is 2.52. The number of hydrogen-bond donors (Lipinski definition) is 2. The number of benzene rings is 1.